The van der Waals surface area contributed by atoms with Gasteiger partial charge >= 0.3 is 0 Å². The van der Waals surface area contributed by atoms with Crippen LogP contribution in [-0.4, -0.2) is 49.6 Å². The number of methoxy groups -OCH3 is 1. The standard InChI is InChI=1S/C29H34N6O/c1-20-16-34(19-30-20)27-10-9-21(15-28(27)36-4)25-18-35(32-31-25)22-12-14-33(17-22)26-11-13-29(2,3)24-8-6-5-7-23(24)26/h5-10,15-16,18-19,22,26H,11-14,17H2,1-4H3. The lowest BCUT2D eigenvalue weighted by molar-refractivity contribution is 0.192. The minimum Gasteiger partial charge on any atom is -0.495 e. The molecule has 7 heteroatoms. The smallest absolute Gasteiger partial charge is 0.143 e. The zero-order valence-corrected chi connectivity index (χ0v) is 21.6. The lowest BCUT2D eigenvalue weighted by atomic mass is 9.71. The van der Waals surface area contributed by atoms with Crippen LogP contribution < -0.4 is 4.74 Å². The van der Waals surface area contributed by atoms with Crippen molar-refractivity contribution in [2.75, 3.05) is 20.2 Å². The number of aromatic nitrogens is 5. The lowest BCUT2D eigenvalue weighted by Crippen LogP contribution is -2.35. The fourth-order valence-corrected chi connectivity index (χ4v) is 6.03. The van der Waals surface area contributed by atoms with E-state index in [-0.39, 0.29) is 5.41 Å². The minimum atomic E-state index is 0.250. The summed E-state index contributed by atoms with van der Waals surface area (Å²) in [4.78, 5) is 6.99. The van der Waals surface area contributed by atoms with Gasteiger partial charge in [-0.1, -0.05) is 49.4 Å². The Kier molecular flexibility index (Phi) is 5.67. The Bertz CT molecular complexity index is 1390. The van der Waals surface area contributed by atoms with Crippen molar-refractivity contribution in [3.63, 3.8) is 0 Å². The first-order valence-corrected chi connectivity index (χ1v) is 12.9. The van der Waals surface area contributed by atoms with Crippen LogP contribution in [-0.2, 0) is 5.41 Å². The van der Waals surface area contributed by atoms with Crippen LogP contribution in [0.1, 0.15) is 62.0 Å². The number of likely N-dealkylation sites (tertiary alicyclic amines) is 1. The molecule has 0 saturated carbocycles. The van der Waals surface area contributed by atoms with Crippen LogP contribution in [0, 0.1) is 6.92 Å². The SMILES string of the molecule is COc1cc(-c2cn(C3CCN(C4CCC(C)(C)c5ccccc54)C3)nn2)ccc1-n1cnc(C)c1. The maximum Gasteiger partial charge on any atom is 0.143 e. The summed E-state index contributed by atoms with van der Waals surface area (Å²) in [5, 5.41) is 9.07. The molecule has 1 fully saturated rings. The molecule has 1 aliphatic carbocycles. The van der Waals surface area contributed by atoms with E-state index in [0.717, 1.165) is 47.9 Å². The van der Waals surface area contributed by atoms with Gasteiger partial charge in [-0.25, -0.2) is 9.67 Å². The minimum absolute atomic E-state index is 0.250. The molecule has 2 aromatic carbocycles. The molecule has 0 radical (unpaired) electrons. The molecule has 2 aliphatic rings. The van der Waals surface area contributed by atoms with E-state index < -0.39 is 0 Å². The van der Waals surface area contributed by atoms with Crippen molar-refractivity contribution in [3.05, 3.63) is 78.0 Å². The second-order valence-electron chi connectivity index (χ2n) is 10.9. The van der Waals surface area contributed by atoms with Crippen LogP contribution in [0.25, 0.3) is 16.9 Å². The van der Waals surface area contributed by atoms with Crippen LogP contribution in [0.3, 0.4) is 0 Å². The van der Waals surface area contributed by atoms with Gasteiger partial charge in [-0.2, -0.15) is 0 Å². The van der Waals surface area contributed by atoms with Crippen LogP contribution >= 0.6 is 0 Å². The number of ether oxygens (including phenoxy) is 1. The van der Waals surface area contributed by atoms with Gasteiger partial charge in [0.1, 0.15) is 11.4 Å². The van der Waals surface area contributed by atoms with Crippen LogP contribution in [0.15, 0.2) is 61.2 Å². The van der Waals surface area contributed by atoms with Gasteiger partial charge in [-0.3, -0.25) is 4.90 Å². The number of fused-ring (bicyclic) bond motifs is 1. The van der Waals surface area contributed by atoms with E-state index in [0.29, 0.717) is 12.1 Å². The average Bonchev–Trinajstić information content (AvgIpc) is 3.65. The van der Waals surface area contributed by atoms with Crippen molar-refractivity contribution in [1.29, 1.82) is 0 Å². The van der Waals surface area contributed by atoms with Gasteiger partial charge < -0.3 is 9.30 Å². The maximum atomic E-state index is 5.69. The van der Waals surface area contributed by atoms with Gasteiger partial charge in [0.15, 0.2) is 0 Å². The Morgan fingerprint density at radius 3 is 2.72 bits per heavy atom. The van der Waals surface area contributed by atoms with Crippen molar-refractivity contribution in [3.8, 4) is 22.7 Å². The third-order valence-corrected chi connectivity index (χ3v) is 8.08. The average molecular weight is 483 g/mol. The fraction of sp³-hybridized carbons (Fsp3) is 0.414. The van der Waals surface area contributed by atoms with Gasteiger partial charge in [0.2, 0.25) is 0 Å². The second-order valence-corrected chi connectivity index (χ2v) is 10.9. The first-order chi connectivity index (χ1) is 17.4. The molecule has 1 saturated heterocycles. The Hall–Kier alpha value is -3.45. The summed E-state index contributed by atoms with van der Waals surface area (Å²) < 4.78 is 9.73. The highest BCUT2D eigenvalue weighted by Gasteiger charge is 2.38. The van der Waals surface area contributed by atoms with Gasteiger partial charge in [0.05, 0.1) is 37.1 Å². The molecule has 0 amide bonds. The first kappa shape index (κ1) is 23.0. The van der Waals surface area contributed by atoms with E-state index in [1.807, 2.05) is 29.8 Å². The first-order valence-electron chi connectivity index (χ1n) is 12.9. The molecule has 0 spiro atoms. The summed E-state index contributed by atoms with van der Waals surface area (Å²) in [6.45, 7) is 8.83. The number of imidazole rings is 1. The Balaban J connectivity index is 1.20. The summed E-state index contributed by atoms with van der Waals surface area (Å²) in [6, 6.07) is 16.0. The Morgan fingerprint density at radius 1 is 1.06 bits per heavy atom. The summed E-state index contributed by atoms with van der Waals surface area (Å²) in [6.07, 6.45) is 9.41. The highest BCUT2D eigenvalue weighted by atomic mass is 16.5. The van der Waals surface area contributed by atoms with E-state index in [1.54, 1.807) is 13.4 Å². The molecule has 7 nitrogen and oxygen atoms in total. The van der Waals surface area contributed by atoms with E-state index in [4.69, 9.17) is 4.74 Å². The predicted octanol–water partition coefficient (Wildman–Crippen LogP) is 5.51. The third kappa shape index (κ3) is 4.01. The van der Waals surface area contributed by atoms with Crippen molar-refractivity contribution < 1.29 is 4.74 Å². The Labute approximate surface area is 212 Å². The van der Waals surface area contributed by atoms with Crippen molar-refractivity contribution >= 4 is 0 Å². The number of hydrogen-bond acceptors (Lipinski definition) is 5. The zero-order chi connectivity index (χ0) is 24.9. The molecule has 186 valence electrons. The van der Waals surface area contributed by atoms with Gasteiger partial charge in [0.25, 0.3) is 0 Å². The molecule has 3 heterocycles. The molecule has 2 aromatic heterocycles. The van der Waals surface area contributed by atoms with Crippen LogP contribution in [0.5, 0.6) is 5.75 Å². The fourth-order valence-electron chi connectivity index (χ4n) is 6.03. The maximum absolute atomic E-state index is 5.69. The van der Waals surface area contributed by atoms with Gasteiger partial charge in [-0.15, -0.1) is 5.10 Å². The summed E-state index contributed by atoms with van der Waals surface area (Å²) >= 11 is 0. The number of nitrogens with zero attached hydrogens (tertiary/aromatic N) is 6. The molecule has 4 aromatic rings. The van der Waals surface area contributed by atoms with Crippen molar-refractivity contribution in [2.24, 2.45) is 0 Å². The molecular weight excluding hydrogens is 448 g/mol. The molecule has 1 aliphatic heterocycles. The van der Waals surface area contributed by atoms with Gasteiger partial charge in [-0.05, 0) is 54.9 Å². The quantitative estimate of drug-likeness (QED) is 0.376. The largest absolute Gasteiger partial charge is 0.495 e. The topological polar surface area (TPSA) is 61.0 Å². The molecular formula is C29H34N6O. The van der Waals surface area contributed by atoms with E-state index in [1.165, 1.54) is 24.0 Å². The molecule has 0 N–H and O–H groups in total. The van der Waals surface area contributed by atoms with Crippen molar-refractivity contribution in [2.45, 2.75) is 57.5 Å². The number of aryl methyl sites for hydroxylation is 1. The molecule has 2 atom stereocenters. The van der Waals surface area contributed by atoms with Gasteiger partial charge in [0, 0.05) is 30.9 Å². The molecule has 0 bridgehead atoms. The highest BCUT2D eigenvalue weighted by molar-refractivity contribution is 5.64. The summed E-state index contributed by atoms with van der Waals surface area (Å²) in [5.41, 5.74) is 7.05. The Morgan fingerprint density at radius 2 is 1.92 bits per heavy atom. The van der Waals surface area contributed by atoms with Crippen molar-refractivity contribution in [1.82, 2.24) is 29.4 Å². The third-order valence-electron chi connectivity index (χ3n) is 8.08. The number of hydrogen-bond donors (Lipinski definition) is 0. The second kappa shape index (κ2) is 8.89. The summed E-state index contributed by atoms with van der Waals surface area (Å²) in [5.74, 6) is 0.783. The van der Waals surface area contributed by atoms with E-state index in [2.05, 4.69) is 75.3 Å². The molecule has 6 rings (SSSR count). The van der Waals surface area contributed by atoms with Crippen LogP contribution in [0.2, 0.25) is 0 Å². The molecule has 36 heavy (non-hydrogen) atoms. The lowest BCUT2D eigenvalue weighted by Gasteiger charge is -2.40. The predicted molar refractivity (Wildman–Crippen MR) is 141 cm³/mol. The van der Waals surface area contributed by atoms with E-state index in [9.17, 15) is 0 Å². The highest BCUT2D eigenvalue weighted by Crippen LogP contribution is 2.45. The monoisotopic (exact) mass is 482 g/mol. The van der Waals surface area contributed by atoms with E-state index >= 15 is 0 Å². The normalized spacial score (nSPS) is 21.4. The zero-order valence-electron chi connectivity index (χ0n) is 21.6. The van der Waals surface area contributed by atoms with Crippen LogP contribution in [0.4, 0.5) is 0 Å². The summed E-state index contributed by atoms with van der Waals surface area (Å²) in [7, 11) is 1.70. The number of benzene rings is 2. The number of rotatable bonds is 5. The molecule has 2 unspecified atom stereocenters.